The molecule has 0 bridgehead atoms. The zero-order chi connectivity index (χ0) is 21.8. The first kappa shape index (κ1) is 20.5. The molecular formula is C22H23F3N4OS. The van der Waals surface area contributed by atoms with Crippen LogP contribution in [0.25, 0.3) is 5.65 Å². The van der Waals surface area contributed by atoms with Crippen molar-refractivity contribution in [3.8, 4) is 0 Å². The van der Waals surface area contributed by atoms with Gasteiger partial charge in [0, 0.05) is 41.0 Å². The molecule has 1 fully saturated rings. The van der Waals surface area contributed by atoms with E-state index in [0.717, 1.165) is 48.2 Å². The fourth-order valence-corrected chi connectivity index (χ4v) is 5.89. The molecule has 1 aliphatic heterocycles. The van der Waals surface area contributed by atoms with E-state index in [0.29, 0.717) is 30.9 Å². The Morgan fingerprint density at radius 3 is 2.81 bits per heavy atom. The molecule has 2 aliphatic rings. The van der Waals surface area contributed by atoms with Gasteiger partial charge in [-0.2, -0.15) is 18.3 Å². The number of alkyl halides is 3. The third-order valence-corrected chi connectivity index (χ3v) is 7.37. The molecule has 164 valence electrons. The summed E-state index contributed by atoms with van der Waals surface area (Å²) in [5, 5.41) is 5.92. The highest BCUT2D eigenvalue weighted by Crippen LogP contribution is 2.35. The predicted molar refractivity (Wildman–Crippen MR) is 112 cm³/mol. The first-order valence-electron chi connectivity index (χ1n) is 10.6. The standard InChI is InChI=1S/C22H23F3N4OS/c1-13-9-20-26-17(10-19(22(23,24)25)29(20)27-13)14-5-4-8-28(11-14)21(30)16-12-31-18-7-3-2-6-15(16)18/h9-10,12,14H,2-8,11H2,1H3/t14-/m0/s1. The Kier molecular flexibility index (Phi) is 5.03. The number of rotatable bonds is 2. The average Bonchev–Trinajstić information content (AvgIpc) is 3.34. The van der Waals surface area contributed by atoms with Crippen LogP contribution < -0.4 is 0 Å². The van der Waals surface area contributed by atoms with Gasteiger partial charge in [0.05, 0.1) is 11.3 Å². The van der Waals surface area contributed by atoms with Crippen LogP contribution in [-0.4, -0.2) is 38.5 Å². The zero-order valence-corrected chi connectivity index (χ0v) is 18.0. The quantitative estimate of drug-likeness (QED) is 0.553. The number of halogens is 3. The highest BCUT2D eigenvalue weighted by atomic mass is 32.1. The van der Waals surface area contributed by atoms with E-state index < -0.39 is 11.9 Å². The molecule has 0 aromatic carbocycles. The van der Waals surface area contributed by atoms with E-state index in [1.54, 1.807) is 29.2 Å². The predicted octanol–water partition coefficient (Wildman–Crippen LogP) is 5.02. The summed E-state index contributed by atoms with van der Waals surface area (Å²) in [5.74, 6) is -0.227. The van der Waals surface area contributed by atoms with E-state index in [9.17, 15) is 18.0 Å². The van der Waals surface area contributed by atoms with Crippen molar-refractivity contribution in [3.05, 3.63) is 50.6 Å². The molecule has 0 N–H and O–H groups in total. The van der Waals surface area contributed by atoms with Crippen molar-refractivity contribution < 1.29 is 18.0 Å². The average molecular weight is 449 g/mol. The summed E-state index contributed by atoms with van der Waals surface area (Å²) in [6.07, 6.45) is 1.15. The number of aromatic nitrogens is 3. The van der Waals surface area contributed by atoms with E-state index in [-0.39, 0.29) is 17.5 Å². The Labute approximate surface area is 181 Å². The van der Waals surface area contributed by atoms with Crippen LogP contribution >= 0.6 is 11.3 Å². The van der Waals surface area contributed by atoms with Crippen LogP contribution in [0, 0.1) is 6.92 Å². The van der Waals surface area contributed by atoms with Crippen molar-refractivity contribution in [2.24, 2.45) is 0 Å². The van der Waals surface area contributed by atoms with Crippen molar-refractivity contribution >= 4 is 22.9 Å². The fraction of sp³-hybridized carbons (Fsp3) is 0.500. The zero-order valence-electron chi connectivity index (χ0n) is 17.2. The van der Waals surface area contributed by atoms with Gasteiger partial charge in [0.1, 0.15) is 5.69 Å². The van der Waals surface area contributed by atoms with Gasteiger partial charge in [0.15, 0.2) is 5.65 Å². The molecular weight excluding hydrogens is 425 g/mol. The number of hydrogen-bond acceptors (Lipinski definition) is 4. The molecule has 0 radical (unpaired) electrons. The van der Waals surface area contributed by atoms with E-state index in [1.807, 2.05) is 5.38 Å². The number of nitrogens with zero attached hydrogens (tertiary/aromatic N) is 4. The summed E-state index contributed by atoms with van der Waals surface area (Å²) >= 11 is 1.66. The summed E-state index contributed by atoms with van der Waals surface area (Å²) in [4.78, 5) is 20.9. The van der Waals surface area contributed by atoms with E-state index in [4.69, 9.17) is 0 Å². The molecule has 5 rings (SSSR count). The molecule has 0 unspecified atom stereocenters. The van der Waals surface area contributed by atoms with Gasteiger partial charge in [-0.15, -0.1) is 11.3 Å². The summed E-state index contributed by atoms with van der Waals surface area (Å²) < 4.78 is 41.9. The smallest absolute Gasteiger partial charge is 0.338 e. The molecule has 1 atom stereocenters. The number of piperidine rings is 1. The van der Waals surface area contributed by atoms with Gasteiger partial charge in [-0.1, -0.05) is 0 Å². The first-order chi connectivity index (χ1) is 14.8. The first-order valence-corrected chi connectivity index (χ1v) is 11.5. The molecule has 1 saturated heterocycles. The molecule has 9 heteroatoms. The van der Waals surface area contributed by atoms with E-state index in [2.05, 4.69) is 10.1 Å². The van der Waals surface area contributed by atoms with Gasteiger partial charge in [0.25, 0.3) is 5.91 Å². The lowest BCUT2D eigenvalue weighted by Crippen LogP contribution is -2.39. The molecule has 31 heavy (non-hydrogen) atoms. The molecule has 0 saturated carbocycles. The Hall–Kier alpha value is -2.42. The van der Waals surface area contributed by atoms with Crippen molar-refractivity contribution in [1.29, 1.82) is 0 Å². The second-order valence-corrected chi connectivity index (χ2v) is 9.43. The number of carbonyl (C=O) groups is 1. The van der Waals surface area contributed by atoms with Crippen molar-refractivity contribution in [2.45, 2.75) is 57.5 Å². The number of hydrogen-bond donors (Lipinski definition) is 0. The highest BCUT2D eigenvalue weighted by Gasteiger charge is 2.37. The van der Waals surface area contributed by atoms with Gasteiger partial charge in [-0.25, -0.2) is 9.50 Å². The monoisotopic (exact) mass is 448 g/mol. The van der Waals surface area contributed by atoms with Crippen LogP contribution in [0.5, 0.6) is 0 Å². The van der Waals surface area contributed by atoms with Gasteiger partial charge < -0.3 is 4.90 Å². The third kappa shape index (κ3) is 3.73. The molecule has 3 aromatic rings. The third-order valence-electron chi connectivity index (χ3n) is 6.28. The number of thiophene rings is 1. The molecule has 4 heterocycles. The van der Waals surface area contributed by atoms with Gasteiger partial charge in [-0.3, -0.25) is 4.79 Å². The minimum absolute atomic E-state index is 0.00131. The fourth-order valence-electron chi connectivity index (χ4n) is 4.77. The Morgan fingerprint density at radius 2 is 2.00 bits per heavy atom. The van der Waals surface area contributed by atoms with Gasteiger partial charge >= 0.3 is 6.18 Å². The molecule has 1 amide bonds. The van der Waals surface area contributed by atoms with Crippen molar-refractivity contribution in [3.63, 3.8) is 0 Å². The second-order valence-electron chi connectivity index (χ2n) is 8.47. The molecule has 1 aliphatic carbocycles. The summed E-state index contributed by atoms with van der Waals surface area (Å²) in [6, 6.07) is 2.66. The Balaban J connectivity index is 1.45. The minimum atomic E-state index is -4.53. The largest absolute Gasteiger partial charge is 0.433 e. The minimum Gasteiger partial charge on any atom is -0.338 e. The molecule has 5 nitrogen and oxygen atoms in total. The molecule has 3 aromatic heterocycles. The van der Waals surface area contributed by atoms with Crippen molar-refractivity contribution in [2.75, 3.05) is 13.1 Å². The number of amides is 1. The van der Waals surface area contributed by atoms with Crippen LogP contribution in [0.4, 0.5) is 13.2 Å². The lowest BCUT2D eigenvalue weighted by molar-refractivity contribution is -0.142. The summed E-state index contributed by atoms with van der Waals surface area (Å²) in [5.41, 5.74) is 2.19. The van der Waals surface area contributed by atoms with Crippen LogP contribution in [0.3, 0.4) is 0 Å². The van der Waals surface area contributed by atoms with Crippen LogP contribution in [-0.2, 0) is 19.0 Å². The van der Waals surface area contributed by atoms with Crippen molar-refractivity contribution in [1.82, 2.24) is 19.5 Å². The van der Waals surface area contributed by atoms with E-state index >= 15 is 0 Å². The van der Waals surface area contributed by atoms with Crippen LogP contribution in [0.15, 0.2) is 17.5 Å². The maximum absolute atomic E-state index is 13.7. The maximum Gasteiger partial charge on any atom is 0.433 e. The van der Waals surface area contributed by atoms with Crippen LogP contribution in [0.1, 0.15) is 69.5 Å². The number of likely N-dealkylation sites (tertiary alicyclic amines) is 1. The lowest BCUT2D eigenvalue weighted by Gasteiger charge is -2.33. The lowest BCUT2D eigenvalue weighted by atomic mass is 9.92. The molecule has 0 spiro atoms. The Morgan fingerprint density at radius 1 is 1.19 bits per heavy atom. The number of fused-ring (bicyclic) bond motifs is 2. The Bertz CT molecular complexity index is 1150. The topological polar surface area (TPSA) is 50.5 Å². The van der Waals surface area contributed by atoms with Gasteiger partial charge in [0.2, 0.25) is 0 Å². The number of aryl methyl sites for hydroxylation is 2. The van der Waals surface area contributed by atoms with E-state index in [1.165, 1.54) is 10.4 Å². The van der Waals surface area contributed by atoms with Gasteiger partial charge in [-0.05, 0) is 57.1 Å². The highest BCUT2D eigenvalue weighted by molar-refractivity contribution is 7.10. The summed E-state index contributed by atoms with van der Waals surface area (Å²) in [6.45, 7) is 2.66. The second kappa shape index (κ2) is 7.62. The SMILES string of the molecule is Cc1cc2nc([C@H]3CCCN(C(=O)c4csc5c4CCCC5)C3)cc(C(F)(F)F)n2n1. The maximum atomic E-state index is 13.7. The summed E-state index contributed by atoms with van der Waals surface area (Å²) in [7, 11) is 0. The van der Waals surface area contributed by atoms with Crippen LogP contribution in [0.2, 0.25) is 0 Å². The normalized spacial score (nSPS) is 19.6. The number of carbonyl (C=O) groups excluding carboxylic acids is 1.